The highest BCUT2D eigenvalue weighted by Crippen LogP contribution is 2.22. The van der Waals surface area contributed by atoms with Crippen LogP contribution in [0.2, 0.25) is 0 Å². The third-order valence-electron chi connectivity index (χ3n) is 6.66. The lowest BCUT2D eigenvalue weighted by Crippen LogP contribution is -2.64. The van der Waals surface area contributed by atoms with Crippen LogP contribution in [0.15, 0.2) is 30.5 Å². The number of ether oxygens (including phenoxy) is 4. The van der Waals surface area contributed by atoms with Gasteiger partial charge in [0.15, 0.2) is 6.29 Å². The Morgan fingerprint density at radius 1 is 1.07 bits per heavy atom. The third-order valence-corrected chi connectivity index (χ3v) is 6.66. The monoisotopic (exact) mass is 577 g/mol. The number of imide groups is 1. The molecule has 2 fully saturated rings. The van der Waals surface area contributed by atoms with Crippen LogP contribution >= 0.6 is 0 Å². The number of hydrogen-bond donors (Lipinski definition) is 4. The first-order valence-electron chi connectivity index (χ1n) is 13.3. The zero-order valence-electron chi connectivity index (χ0n) is 22.6. The number of carbonyl (C=O) groups excluding carboxylic acids is 3. The molecule has 2 aromatic rings. The van der Waals surface area contributed by atoms with Crippen molar-refractivity contribution in [3.8, 4) is 11.3 Å². The normalized spacial score (nSPS) is 24.2. The van der Waals surface area contributed by atoms with E-state index in [4.69, 9.17) is 18.9 Å². The standard InChI is InChI=1S/C26H35N5O10/c1-16(33)27-22-24(36)23(35)20(15-32)41-26(22)40-13-12-39-11-10-38-9-8-30-14-19(28-29-30)17-2-4-18(5-3-17)25(37)31-7-6-21(31)34/h2-5,14,20,22-24,26,32,35-36H,6-13,15H2,1H3,(H,27,33)/t20-,22-,23-,24-,26?/m1/s1. The predicted molar refractivity (Wildman–Crippen MR) is 139 cm³/mol. The molecule has 0 aliphatic carbocycles. The van der Waals surface area contributed by atoms with Gasteiger partial charge in [-0.05, 0) is 12.1 Å². The number of rotatable bonds is 14. The molecule has 4 rings (SSSR count). The molecule has 15 nitrogen and oxygen atoms in total. The Labute approximate surface area is 235 Å². The Bertz CT molecular complexity index is 1180. The fourth-order valence-electron chi connectivity index (χ4n) is 4.33. The summed E-state index contributed by atoms with van der Waals surface area (Å²) in [5.41, 5.74) is 1.88. The maximum absolute atomic E-state index is 12.3. The number of carbonyl (C=O) groups is 3. The molecular weight excluding hydrogens is 542 g/mol. The topological polar surface area (TPSA) is 195 Å². The Balaban J connectivity index is 1.10. The lowest BCUT2D eigenvalue weighted by molar-refractivity contribution is -0.272. The zero-order valence-corrected chi connectivity index (χ0v) is 22.6. The van der Waals surface area contributed by atoms with E-state index in [1.807, 2.05) is 0 Å². The van der Waals surface area contributed by atoms with Crippen molar-refractivity contribution in [2.75, 3.05) is 46.2 Å². The second-order valence-electron chi connectivity index (χ2n) is 9.57. The van der Waals surface area contributed by atoms with Crippen LogP contribution in [-0.2, 0) is 35.1 Å². The summed E-state index contributed by atoms with van der Waals surface area (Å²) in [5, 5.41) is 40.4. The summed E-state index contributed by atoms with van der Waals surface area (Å²) in [6.07, 6.45) is -2.69. The molecule has 5 atom stereocenters. The summed E-state index contributed by atoms with van der Waals surface area (Å²) >= 11 is 0. The van der Waals surface area contributed by atoms with Crippen molar-refractivity contribution in [3.63, 3.8) is 0 Å². The molecule has 0 radical (unpaired) electrons. The molecule has 0 bridgehead atoms. The van der Waals surface area contributed by atoms with E-state index >= 15 is 0 Å². The summed E-state index contributed by atoms with van der Waals surface area (Å²) in [5.74, 6) is -0.884. The molecule has 1 aromatic carbocycles. The first kappa shape index (κ1) is 30.6. The smallest absolute Gasteiger partial charge is 0.260 e. The van der Waals surface area contributed by atoms with Gasteiger partial charge in [-0.3, -0.25) is 19.3 Å². The number of aliphatic hydroxyl groups excluding tert-OH is 3. The van der Waals surface area contributed by atoms with Gasteiger partial charge in [-0.15, -0.1) is 5.10 Å². The highest BCUT2D eigenvalue weighted by atomic mass is 16.7. The van der Waals surface area contributed by atoms with Gasteiger partial charge in [0.1, 0.15) is 30.0 Å². The maximum atomic E-state index is 12.3. The molecule has 3 amide bonds. The molecule has 4 N–H and O–H groups in total. The summed E-state index contributed by atoms with van der Waals surface area (Å²) in [7, 11) is 0. The number of amides is 3. The lowest BCUT2D eigenvalue weighted by Gasteiger charge is -2.42. The number of aliphatic hydroxyl groups is 3. The van der Waals surface area contributed by atoms with Crippen LogP contribution < -0.4 is 5.32 Å². The number of likely N-dealkylation sites (tertiary alicyclic amines) is 1. The number of nitrogens with one attached hydrogen (secondary N) is 1. The van der Waals surface area contributed by atoms with Gasteiger partial charge in [0.2, 0.25) is 11.8 Å². The molecule has 15 heteroatoms. The number of aromatic nitrogens is 3. The van der Waals surface area contributed by atoms with Crippen LogP contribution in [0, 0.1) is 0 Å². The van der Waals surface area contributed by atoms with Gasteiger partial charge in [-0.25, -0.2) is 4.68 Å². The van der Waals surface area contributed by atoms with Crippen LogP contribution in [0.3, 0.4) is 0 Å². The Morgan fingerprint density at radius 2 is 1.78 bits per heavy atom. The van der Waals surface area contributed by atoms with Crippen LogP contribution in [0.5, 0.6) is 0 Å². The number of nitrogens with zero attached hydrogens (tertiary/aromatic N) is 4. The van der Waals surface area contributed by atoms with Crippen LogP contribution in [-0.4, -0.2) is 130 Å². The van der Waals surface area contributed by atoms with Gasteiger partial charge in [-0.1, -0.05) is 17.3 Å². The van der Waals surface area contributed by atoms with E-state index in [0.29, 0.717) is 50.6 Å². The van der Waals surface area contributed by atoms with E-state index in [0.717, 1.165) is 5.56 Å². The first-order chi connectivity index (χ1) is 19.8. The summed E-state index contributed by atoms with van der Waals surface area (Å²) in [6.45, 7) is 2.92. The molecule has 41 heavy (non-hydrogen) atoms. The molecule has 3 heterocycles. The van der Waals surface area contributed by atoms with Crippen molar-refractivity contribution in [1.29, 1.82) is 0 Å². The minimum absolute atomic E-state index is 0.0783. The van der Waals surface area contributed by atoms with Crippen molar-refractivity contribution in [2.45, 2.75) is 50.5 Å². The Kier molecular flexibility index (Phi) is 10.9. The summed E-state index contributed by atoms with van der Waals surface area (Å²) in [6, 6.07) is 5.86. The number of benzene rings is 1. The van der Waals surface area contributed by atoms with Gasteiger partial charge in [0, 0.05) is 31.0 Å². The molecule has 2 aliphatic rings. The highest BCUT2D eigenvalue weighted by Gasteiger charge is 2.45. The highest BCUT2D eigenvalue weighted by molar-refractivity contribution is 6.07. The Morgan fingerprint density at radius 3 is 2.41 bits per heavy atom. The second kappa shape index (κ2) is 14.5. The fraction of sp³-hybridized carbons (Fsp3) is 0.577. The quantitative estimate of drug-likeness (QED) is 0.113. The van der Waals surface area contributed by atoms with E-state index < -0.39 is 43.2 Å². The minimum atomic E-state index is -1.37. The predicted octanol–water partition coefficient (Wildman–Crippen LogP) is -1.69. The van der Waals surface area contributed by atoms with Crippen molar-refractivity contribution in [1.82, 2.24) is 25.2 Å². The van der Waals surface area contributed by atoms with Gasteiger partial charge >= 0.3 is 0 Å². The van der Waals surface area contributed by atoms with E-state index in [9.17, 15) is 29.7 Å². The molecule has 224 valence electrons. The first-order valence-corrected chi connectivity index (χ1v) is 13.3. The van der Waals surface area contributed by atoms with Crippen molar-refractivity contribution < 1.29 is 48.7 Å². The molecule has 2 saturated heterocycles. The van der Waals surface area contributed by atoms with Crippen LogP contribution in [0.25, 0.3) is 11.3 Å². The second-order valence-corrected chi connectivity index (χ2v) is 9.57. The zero-order chi connectivity index (χ0) is 29.4. The molecule has 1 unspecified atom stereocenters. The molecule has 2 aliphatic heterocycles. The van der Waals surface area contributed by atoms with Gasteiger partial charge in [-0.2, -0.15) is 0 Å². The maximum Gasteiger partial charge on any atom is 0.260 e. The Hall–Kier alpha value is -3.31. The molecular formula is C26H35N5O10. The van der Waals surface area contributed by atoms with E-state index in [-0.39, 0.29) is 25.0 Å². The van der Waals surface area contributed by atoms with Crippen molar-refractivity contribution >= 4 is 17.7 Å². The van der Waals surface area contributed by atoms with Crippen molar-refractivity contribution in [3.05, 3.63) is 36.0 Å². The van der Waals surface area contributed by atoms with Crippen LogP contribution in [0.1, 0.15) is 23.7 Å². The third kappa shape index (κ3) is 7.91. The number of hydrogen-bond acceptors (Lipinski definition) is 12. The average molecular weight is 578 g/mol. The lowest BCUT2D eigenvalue weighted by atomic mass is 9.97. The largest absolute Gasteiger partial charge is 0.394 e. The van der Waals surface area contributed by atoms with E-state index in [2.05, 4.69) is 15.6 Å². The van der Waals surface area contributed by atoms with E-state index in [1.165, 1.54) is 11.8 Å². The van der Waals surface area contributed by atoms with Crippen molar-refractivity contribution in [2.24, 2.45) is 0 Å². The average Bonchev–Trinajstić information content (AvgIpc) is 3.43. The van der Waals surface area contributed by atoms with Gasteiger partial charge in [0.25, 0.3) is 5.91 Å². The molecule has 0 saturated carbocycles. The molecule has 1 aromatic heterocycles. The van der Waals surface area contributed by atoms with Crippen LogP contribution in [0.4, 0.5) is 0 Å². The summed E-state index contributed by atoms with van der Waals surface area (Å²) in [4.78, 5) is 36.5. The van der Waals surface area contributed by atoms with Gasteiger partial charge < -0.3 is 39.6 Å². The minimum Gasteiger partial charge on any atom is -0.394 e. The van der Waals surface area contributed by atoms with Gasteiger partial charge in [0.05, 0.1) is 52.4 Å². The van der Waals surface area contributed by atoms with E-state index in [1.54, 1.807) is 35.1 Å². The molecule has 0 spiro atoms. The SMILES string of the molecule is CC(=O)N[C@H]1C(OCCOCCOCCn2cc(-c3ccc(C(=O)N4CCC4=O)cc3)nn2)O[C@H](CO)[C@@H](O)[C@@H]1O. The fourth-order valence-corrected chi connectivity index (χ4v) is 4.33. The summed E-state index contributed by atoms with van der Waals surface area (Å²) < 4.78 is 23.7. The number of β-lactam (4-membered cyclic amide) rings is 1.